The topological polar surface area (TPSA) is 104 Å². The lowest BCUT2D eigenvalue weighted by molar-refractivity contribution is 0.0916. The van der Waals surface area contributed by atoms with Gasteiger partial charge in [0.05, 0.1) is 27.4 Å². The molecule has 5 fully saturated rings. The van der Waals surface area contributed by atoms with Crippen LogP contribution in [-0.2, 0) is 4.74 Å². The number of hydrogen-bond donors (Lipinski definition) is 1. The van der Waals surface area contributed by atoms with E-state index in [1.54, 1.807) is 6.07 Å². The summed E-state index contributed by atoms with van der Waals surface area (Å²) in [6.07, 6.45) is 4.35. The van der Waals surface area contributed by atoms with Gasteiger partial charge in [0.2, 0.25) is 0 Å². The summed E-state index contributed by atoms with van der Waals surface area (Å²) in [5, 5.41) is 10.8. The predicted octanol–water partition coefficient (Wildman–Crippen LogP) is 6.29. The van der Waals surface area contributed by atoms with Crippen molar-refractivity contribution < 1.29 is 22.6 Å². The fraction of sp³-hybridized carbons (Fsp3) is 0.514. The molecule has 5 aliphatic rings. The molecule has 256 valence electrons. The molecule has 5 atom stereocenters. The summed E-state index contributed by atoms with van der Waals surface area (Å²) < 4.78 is 58.8. The number of halogens is 4. The minimum atomic E-state index is -0.923. The van der Waals surface area contributed by atoms with Gasteiger partial charge in [-0.05, 0) is 56.3 Å². The molecular formula is C35H35ClF3N7O2S. The zero-order chi connectivity index (χ0) is 33.6. The van der Waals surface area contributed by atoms with E-state index in [4.69, 9.17) is 31.8 Å². The molecule has 3 unspecified atom stereocenters. The van der Waals surface area contributed by atoms with Gasteiger partial charge in [-0.2, -0.15) is 15.2 Å². The highest BCUT2D eigenvalue weighted by molar-refractivity contribution is 7.23. The maximum atomic E-state index is 17.1. The third-order valence-electron chi connectivity index (χ3n) is 11.4. The molecule has 4 aromatic rings. The number of anilines is 2. The Bertz CT molecular complexity index is 2020. The second-order valence-corrected chi connectivity index (χ2v) is 15.6. The second kappa shape index (κ2) is 11.8. The number of thiophene rings is 1. The number of aromatic nitrogens is 2. The maximum absolute atomic E-state index is 17.1. The number of benzene rings is 2. The minimum Gasteiger partial charge on any atom is -0.461 e. The molecule has 14 heteroatoms. The average molecular weight is 710 g/mol. The molecule has 0 radical (unpaired) electrons. The van der Waals surface area contributed by atoms with Gasteiger partial charge in [-0.3, -0.25) is 9.80 Å². The van der Waals surface area contributed by atoms with Gasteiger partial charge in [-0.15, -0.1) is 11.3 Å². The lowest BCUT2D eigenvalue weighted by Crippen LogP contribution is -2.57. The SMILES string of the molecule is N#Cc1c(N)sc2c(F)ccc(-c3c(Cl)cc4c(N5CC6CCC(C5)N6C5CCOC5)nc(OC[C@@]56CCCN5C[C@H](F)C6)nc4c3F)c12. The van der Waals surface area contributed by atoms with Gasteiger partial charge in [0.25, 0.3) is 0 Å². The van der Waals surface area contributed by atoms with E-state index < -0.39 is 23.3 Å². The Balaban J connectivity index is 1.17. The molecule has 2 bridgehead atoms. The average Bonchev–Trinajstić information content (AvgIpc) is 3.90. The first-order chi connectivity index (χ1) is 23.7. The molecule has 2 aromatic carbocycles. The van der Waals surface area contributed by atoms with Gasteiger partial charge in [0, 0.05) is 67.1 Å². The van der Waals surface area contributed by atoms with Crippen molar-refractivity contribution in [2.75, 3.05) is 56.6 Å². The zero-order valence-corrected chi connectivity index (χ0v) is 28.3. The second-order valence-electron chi connectivity index (χ2n) is 14.1. The molecule has 0 aliphatic carbocycles. The van der Waals surface area contributed by atoms with Crippen LogP contribution in [0.3, 0.4) is 0 Å². The first-order valence-electron chi connectivity index (χ1n) is 17.0. The van der Waals surface area contributed by atoms with Crippen molar-refractivity contribution in [2.45, 2.75) is 68.4 Å². The third kappa shape index (κ3) is 4.97. The van der Waals surface area contributed by atoms with Crippen molar-refractivity contribution in [2.24, 2.45) is 0 Å². The first kappa shape index (κ1) is 31.6. The van der Waals surface area contributed by atoms with Crippen LogP contribution in [0, 0.1) is 23.0 Å². The van der Waals surface area contributed by atoms with Crippen molar-refractivity contribution in [3.8, 4) is 23.2 Å². The third-order valence-corrected chi connectivity index (χ3v) is 12.8. The highest BCUT2D eigenvalue weighted by atomic mass is 35.5. The smallest absolute Gasteiger partial charge is 0.319 e. The van der Waals surface area contributed by atoms with Gasteiger partial charge >= 0.3 is 6.01 Å². The molecule has 2 N–H and O–H groups in total. The van der Waals surface area contributed by atoms with Crippen LogP contribution in [-0.4, -0.2) is 95.6 Å². The Morgan fingerprint density at radius 2 is 1.96 bits per heavy atom. The number of alkyl halides is 1. The fourth-order valence-electron chi connectivity index (χ4n) is 9.33. The molecule has 2 aromatic heterocycles. The highest BCUT2D eigenvalue weighted by Gasteiger charge is 2.50. The van der Waals surface area contributed by atoms with Crippen molar-refractivity contribution in [1.82, 2.24) is 19.8 Å². The van der Waals surface area contributed by atoms with E-state index in [0.29, 0.717) is 55.4 Å². The number of nitriles is 1. The number of nitrogen functional groups attached to an aromatic ring is 1. The summed E-state index contributed by atoms with van der Waals surface area (Å²) in [5.41, 5.74) is 5.98. The maximum Gasteiger partial charge on any atom is 0.319 e. The summed E-state index contributed by atoms with van der Waals surface area (Å²) >= 11 is 7.86. The number of fused-ring (bicyclic) bond motifs is 5. The van der Waals surface area contributed by atoms with Crippen LogP contribution in [0.5, 0.6) is 6.01 Å². The molecule has 5 saturated heterocycles. The highest BCUT2D eigenvalue weighted by Crippen LogP contribution is 2.47. The number of hydrogen-bond acceptors (Lipinski definition) is 10. The van der Waals surface area contributed by atoms with E-state index in [-0.39, 0.29) is 54.9 Å². The predicted molar refractivity (Wildman–Crippen MR) is 183 cm³/mol. The largest absolute Gasteiger partial charge is 0.461 e. The van der Waals surface area contributed by atoms with Crippen LogP contribution >= 0.6 is 22.9 Å². The van der Waals surface area contributed by atoms with Crippen LogP contribution in [0.4, 0.5) is 24.0 Å². The van der Waals surface area contributed by atoms with Crippen LogP contribution in [0.2, 0.25) is 5.02 Å². The molecule has 5 aliphatic heterocycles. The zero-order valence-electron chi connectivity index (χ0n) is 26.7. The van der Waals surface area contributed by atoms with Crippen LogP contribution < -0.4 is 15.4 Å². The number of nitrogens with two attached hydrogens (primary N) is 1. The lowest BCUT2D eigenvalue weighted by atomic mass is 9.95. The van der Waals surface area contributed by atoms with Crippen molar-refractivity contribution in [1.29, 1.82) is 5.26 Å². The molecule has 0 saturated carbocycles. The Hall–Kier alpha value is -3.41. The van der Waals surface area contributed by atoms with Gasteiger partial charge in [-0.25, -0.2) is 13.2 Å². The minimum absolute atomic E-state index is 0.00752. The Labute approximate surface area is 290 Å². The number of rotatable bonds is 6. The molecule has 9 nitrogen and oxygen atoms in total. The molecule has 0 spiro atoms. The summed E-state index contributed by atoms with van der Waals surface area (Å²) in [4.78, 5) is 16.5. The van der Waals surface area contributed by atoms with E-state index in [1.807, 2.05) is 0 Å². The fourth-order valence-corrected chi connectivity index (χ4v) is 10.6. The molecule has 7 heterocycles. The monoisotopic (exact) mass is 709 g/mol. The van der Waals surface area contributed by atoms with Crippen LogP contribution in [0.1, 0.15) is 44.1 Å². The van der Waals surface area contributed by atoms with Crippen molar-refractivity contribution in [3.63, 3.8) is 0 Å². The summed E-state index contributed by atoms with van der Waals surface area (Å²) in [5.74, 6) is -0.758. The van der Waals surface area contributed by atoms with Crippen LogP contribution in [0.15, 0.2) is 18.2 Å². The van der Waals surface area contributed by atoms with E-state index in [2.05, 4.69) is 25.8 Å². The van der Waals surface area contributed by atoms with Gasteiger partial charge in [-0.1, -0.05) is 17.7 Å². The number of ether oxygens (including phenoxy) is 2. The quantitative estimate of drug-likeness (QED) is 0.247. The summed E-state index contributed by atoms with van der Waals surface area (Å²) in [7, 11) is 0. The number of nitrogens with zero attached hydrogens (tertiary/aromatic N) is 6. The first-order valence-corrected chi connectivity index (χ1v) is 18.2. The summed E-state index contributed by atoms with van der Waals surface area (Å²) in [6, 6.07) is 7.37. The van der Waals surface area contributed by atoms with E-state index in [1.165, 1.54) is 12.1 Å². The molecule has 49 heavy (non-hydrogen) atoms. The van der Waals surface area contributed by atoms with Gasteiger partial charge < -0.3 is 20.1 Å². The Morgan fingerprint density at radius 1 is 1.14 bits per heavy atom. The van der Waals surface area contributed by atoms with Crippen molar-refractivity contribution >= 4 is 54.7 Å². The van der Waals surface area contributed by atoms with Crippen LogP contribution in [0.25, 0.3) is 32.1 Å². The molecule has 9 rings (SSSR count). The van der Waals surface area contributed by atoms with E-state index in [0.717, 1.165) is 63.2 Å². The Morgan fingerprint density at radius 3 is 2.71 bits per heavy atom. The standard InChI is InChI=1S/C35H35ClF3N7O2S/c36-25-10-23-30(29(39)28(25)22-4-5-26(38)31-27(22)24(12-40)32(41)49-31)42-34(48-17-35-7-1-8-45(35)13-18(37)11-35)43-33(23)44-14-19-2-3-20(15-44)46(19)21-6-9-47-16-21/h4-5,10,18-21H,1-3,6-9,11,13-17,41H2/t18-,19?,20?,21?,35+/m1/s1. The van der Waals surface area contributed by atoms with Crippen molar-refractivity contribution in [3.05, 3.63) is 40.4 Å². The normalized spacial score (nSPS) is 28.6. The Kier molecular flexibility index (Phi) is 7.63. The van der Waals surface area contributed by atoms with E-state index >= 15 is 4.39 Å². The summed E-state index contributed by atoms with van der Waals surface area (Å²) in [6.45, 7) is 4.29. The van der Waals surface area contributed by atoms with E-state index in [9.17, 15) is 14.0 Å². The lowest BCUT2D eigenvalue weighted by Gasteiger charge is -2.44. The number of piperazine rings is 1. The molecule has 0 amide bonds. The van der Waals surface area contributed by atoms with Gasteiger partial charge in [0.15, 0.2) is 5.82 Å². The molecular weight excluding hydrogens is 675 g/mol. The van der Waals surface area contributed by atoms with Gasteiger partial charge in [0.1, 0.15) is 41.0 Å².